The number of fused-ring (bicyclic) bond motifs is 2. The Labute approximate surface area is 164 Å². The van der Waals surface area contributed by atoms with E-state index in [4.69, 9.17) is 15.3 Å². The summed E-state index contributed by atoms with van der Waals surface area (Å²) in [4.78, 5) is 30.4. The number of rotatable bonds is 3. The topological polar surface area (TPSA) is 81.9 Å². The summed E-state index contributed by atoms with van der Waals surface area (Å²) in [6, 6.07) is 13.3. The molecule has 0 bridgehead atoms. The molecular weight excluding hydrogens is 356 g/mol. The fraction of sp³-hybridized carbons (Fsp3) is 0.364. The van der Waals surface area contributed by atoms with Crippen molar-refractivity contribution in [3.63, 3.8) is 0 Å². The summed E-state index contributed by atoms with van der Waals surface area (Å²) >= 11 is 0. The number of carbonyl (C=O) groups is 2. The van der Waals surface area contributed by atoms with Crippen LogP contribution in [0.1, 0.15) is 55.7 Å². The van der Waals surface area contributed by atoms with E-state index in [9.17, 15) is 9.59 Å². The zero-order valence-electron chi connectivity index (χ0n) is 15.7. The van der Waals surface area contributed by atoms with Crippen LogP contribution < -0.4 is 10.5 Å². The number of amides is 2. The van der Waals surface area contributed by atoms with Crippen LogP contribution in [-0.2, 0) is 9.63 Å². The van der Waals surface area contributed by atoms with Gasteiger partial charge in [0, 0.05) is 11.1 Å². The molecule has 28 heavy (non-hydrogen) atoms. The molecule has 2 aromatic carbocycles. The van der Waals surface area contributed by atoms with Crippen LogP contribution >= 0.6 is 0 Å². The minimum absolute atomic E-state index is 0.302. The van der Waals surface area contributed by atoms with Crippen LogP contribution in [-0.4, -0.2) is 17.1 Å². The first kappa shape index (κ1) is 18.3. The molecule has 1 aliphatic heterocycles. The Balaban J connectivity index is 1.62. The molecule has 2 N–H and O–H groups in total. The SMILES string of the molecule is NC(=O)N(OC(=O)CC1CCCCC1)C1c2ccccc2Oc2ccccc21. The molecule has 4 rings (SSSR count). The van der Waals surface area contributed by atoms with Gasteiger partial charge in [-0.25, -0.2) is 9.59 Å². The summed E-state index contributed by atoms with van der Waals surface area (Å²) in [5, 5.41) is 0.991. The van der Waals surface area contributed by atoms with E-state index in [1.54, 1.807) is 0 Å². The maximum atomic E-state index is 12.6. The number of benzene rings is 2. The lowest BCUT2D eigenvalue weighted by Crippen LogP contribution is -2.42. The van der Waals surface area contributed by atoms with E-state index in [1.807, 2.05) is 48.5 Å². The van der Waals surface area contributed by atoms with E-state index in [0.29, 0.717) is 23.8 Å². The Kier molecular flexibility index (Phi) is 5.19. The number of hydrogen-bond acceptors (Lipinski definition) is 4. The van der Waals surface area contributed by atoms with Crippen molar-refractivity contribution in [3.05, 3.63) is 59.7 Å². The second kappa shape index (κ2) is 7.92. The molecule has 0 aromatic heterocycles. The van der Waals surface area contributed by atoms with E-state index < -0.39 is 18.0 Å². The third kappa shape index (κ3) is 3.67. The molecule has 0 spiro atoms. The van der Waals surface area contributed by atoms with Crippen molar-refractivity contribution in [2.75, 3.05) is 0 Å². The number of hydroxylamine groups is 2. The quantitative estimate of drug-likeness (QED) is 0.783. The molecule has 0 atom stereocenters. The Morgan fingerprint density at radius 1 is 0.964 bits per heavy atom. The molecule has 1 fully saturated rings. The largest absolute Gasteiger partial charge is 0.457 e. The number of para-hydroxylation sites is 2. The molecular formula is C22H24N2O4. The van der Waals surface area contributed by atoms with Gasteiger partial charge in [-0.05, 0) is 30.9 Å². The average molecular weight is 380 g/mol. The second-order valence-electron chi connectivity index (χ2n) is 7.42. The first-order chi connectivity index (χ1) is 13.6. The van der Waals surface area contributed by atoms with Gasteiger partial charge < -0.3 is 15.3 Å². The highest BCUT2D eigenvalue weighted by atomic mass is 16.7. The maximum absolute atomic E-state index is 12.6. The third-order valence-electron chi connectivity index (χ3n) is 5.48. The van der Waals surface area contributed by atoms with Gasteiger partial charge >= 0.3 is 12.0 Å². The van der Waals surface area contributed by atoms with E-state index in [1.165, 1.54) is 6.42 Å². The van der Waals surface area contributed by atoms with Crippen molar-refractivity contribution in [1.82, 2.24) is 5.06 Å². The van der Waals surface area contributed by atoms with Crippen molar-refractivity contribution < 1.29 is 19.2 Å². The number of urea groups is 1. The first-order valence-corrected chi connectivity index (χ1v) is 9.78. The van der Waals surface area contributed by atoms with Crippen LogP contribution in [0.2, 0.25) is 0 Å². The number of hydrogen-bond donors (Lipinski definition) is 1. The molecule has 0 unspecified atom stereocenters. The van der Waals surface area contributed by atoms with Gasteiger partial charge in [0.15, 0.2) is 0 Å². The van der Waals surface area contributed by atoms with Crippen LogP contribution in [0.25, 0.3) is 0 Å². The van der Waals surface area contributed by atoms with Gasteiger partial charge in [0.05, 0.1) is 6.42 Å². The lowest BCUT2D eigenvalue weighted by molar-refractivity contribution is -0.183. The Morgan fingerprint density at radius 2 is 1.54 bits per heavy atom. The molecule has 0 radical (unpaired) electrons. The van der Waals surface area contributed by atoms with Crippen molar-refractivity contribution in [1.29, 1.82) is 0 Å². The van der Waals surface area contributed by atoms with Gasteiger partial charge in [-0.3, -0.25) is 0 Å². The first-order valence-electron chi connectivity index (χ1n) is 9.78. The standard InChI is InChI=1S/C22H24N2O4/c23-22(26)24(28-20(25)14-15-8-2-1-3-9-15)21-16-10-4-6-12-18(16)27-19-13-7-5-11-17(19)21/h4-7,10-13,15,21H,1-3,8-9,14H2,(H2,23,26). The summed E-state index contributed by atoms with van der Waals surface area (Å²) in [6.07, 6.45) is 5.84. The fourth-order valence-corrected chi connectivity index (χ4v) is 4.14. The number of carbonyl (C=O) groups excluding carboxylic acids is 2. The molecule has 2 aromatic rings. The van der Waals surface area contributed by atoms with Gasteiger partial charge in [0.25, 0.3) is 0 Å². The summed E-state index contributed by atoms with van der Waals surface area (Å²) < 4.78 is 5.94. The number of ether oxygens (including phenoxy) is 1. The van der Waals surface area contributed by atoms with Crippen LogP contribution in [0.4, 0.5) is 4.79 Å². The number of nitrogens with zero attached hydrogens (tertiary/aromatic N) is 1. The zero-order valence-corrected chi connectivity index (χ0v) is 15.7. The Morgan fingerprint density at radius 3 is 2.11 bits per heavy atom. The molecule has 1 saturated carbocycles. The van der Waals surface area contributed by atoms with Crippen LogP contribution in [0.5, 0.6) is 11.5 Å². The van der Waals surface area contributed by atoms with E-state index in [2.05, 4.69) is 0 Å². The second-order valence-corrected chi connectivity index (χ2v) is 7.42. The maximum Gasteiger partial charge on any atom is 0.348 e. The summed E-state index contributed by atoms with van der Waals surface area (Å²) in [7, 11) is 0. The smallest absolute Gasteiger partial charge is 0.348 e. The van der Waals surface area contributed by atoms with Crippen molar-refractivity contribution in [2.24, 2.45) is 11.7 Å². The summed E-state index contributed by atoms with van der Waals surface area (Å²) in [6.45, 7) is 0. The molecule has 6 heteroatoms. The van der Waals surface area contributed by atoms with Crippen LogP contribution in [0.3, 0.4) is 0 Å². The lowest BCUT2D eigenvalue weighted by Gasteiger charge is -2.34. The van der Waals surface area contributed by atoms with Gasteiger partial charge in [0.2, 0.25) is 0 Å². The van der Waals surface area contributed by atoms with Crippen molar-refractivity contribution in [3.8, 4) is 11.5 Å². The summed E-state index contributed by atoms with van der Waals surface area (Å²) in [5.41, 5.74) is 7.09. The normalized spacial score (nSPS) is 16.4. The van der Waals surface area contributed by atoms with E-state index in [0.717, 1.165) is 41.9 Å². The zero-order chi connectivity index (χ0) is 19.5. The van der Waals surface area contributed by atoms with Crippen LogP contribution in [0, 0.1) is 5.92 Å². The molecule has 146 valence electrons. The van der Waals surface area contributed by atoms with Gasteiger partial charge in [0.1, 0.15) is 17.5 Å². The number of nitrogens with two attached hydrogens (primary N) is 1. The minimum Gasteiger partial charge on any atom is -0.457 e. The number of primary amides is 1. The van der Waals surface area contributed by atoms with Gasteiger partial charge in [-0.2, -0.15) is 0 Å². The molecule has 2 amide bonds. The molecule has 1 heterocycles. The van der Waals surface area contributed by atoms with Gasteiger partial charge in [-0.1, -0.05) is 55.7 Å². The monoisotopic (exact) mass is 380 g/mol. The Bertz CT molecular complexity index is 831. The molecule has 1 aliphatic carbocycles. The highest BCUT2D eigenvalue weighted by Gasteiger charge is 2.36. The van der Waals surface area contributed by atoms with Crippen molar-refractivity contribution in [2.45, 2.75) is 44.6 Å². The fourth-order valence-electron chi connectivity index (χ4n) is 4.14. The minimum atomic E-state index is -0.812. The third-order valence-corrected chi connectivity index (χ3v) is 5.48. The highest BCUT2D eigenvalue weighted by molar-refractivity contribution is 5.77. The summed E-state index contributed by atoms with van der Waals surface area (Å²) in [5.74, 6) is 1.11. The van der Waals surface area contributed by atoms with E-state index >= 15 is 0 Å². The lowest BCUT2D eigenvalue weighted by atomic mass is 9.87. The predicted octanol–water partition coefficient (Wildman–Crippen LogP) is 4.69. The van der Waals surface area contributed by atoms with E-state index in [-0.39, 0.29) is 0 Å². The average Bonchev–Trinajstić information content (AvgIpc) is 2.71. The van der Waals surface area contributed by atoms with Gasteiger partial charge in [-0.15, -0.1) is 5.06 Å². The Hall–Kier alpha value is -3.02. The highest BCUT2D eigenvalue weighted by Crippen LogP contribution is 2.45. The molecule has 0 saturated heterocycles. The molecule has 2 aliphatic rings. The predicted molar refractivity (Wildman–Crippen MR) is 104 cm³/mol. The van der Waals surface area contributed by atoms with Crippen molar-refractivity contribution >= 4 is 12.0 Å². The van der Waals surface area contributed by atoms with Crippen LogP contribution in [0.15, 0.2) is 48.5 Å². The molecule has 6 nitrogen and oxygen atoms in total.